The second kappa shape index (κ2) is 5.12. The molecule has 1 unspecified atom stereocenters. The van der Waals surface area contributed by atoms with Gasteiger partial charge in [0.05, 0.1) is 12.3 Å². The lowest BCUT2D eigenvalue weighted by Crippen LogP contribution is -2.15. The molecule has 0 saturated carbocycles. The van der Waals surface area contributed by atoms with Gasteiger partial charge in [0.15, 0.2) is 0 Å². The van der Waals surface area contributed by atoms with Crippen molar-refractivity contribution in [2.45, 2.75) is 45.1 Å². The summed E-state index contributed by atoms with van der Waals surface area (Å²) in [6.07, 6.45) is 5.26. The van der Waals surface area contributed by atoms with E-state index in [0.717, 1.165) is 12.2 Å². The van der Waals surface area contributed by atoms with Crippen molar-refractivity contribution in [3.05, 3.63) is 53.5 Å². The van der Waals surface area contributed by atoms with Crippen LogP contribution in [0.15, 0.2) is 41.0 Å². The van der Waals surface area contributed by atoms with Crippen LogP contribution in [0.3, 0.4) is 0 Å². The molecule has 0 bridgehead atoms. The van der Waals surface area contributed by atoms with Gasteiger partial charge in [-0.1, -0.05) is 26.0 Å². The van der Waals surface area contributed by atoms with Crippen molar-refractivity contribution in [2.24, 2.45) is 0 Å². The Morgan fingerprint density at radius 3 is 2.68 bits per heavy atom. The number of hydrogen-bond donors (Lipinski definition) is 1. The van der Waals surface area contributed by atoms with E-state index >= 15 is 0 Å². The summed E-state index contributed by atoms with van der Waals surface area (Å²) < 4.78 is 5.53. The van der Waals surface area contributed by atoms with E-state index in [1.807, 2.05) is 6.26 Å². The molecule has 0 fully saturated rings. The van der Waals surface area contributed by atoms with Crippen molar-refractivity contribution in [3.63, 3.8) is 0 Å². The maximum Gasteiger partial charge on any atom is 0.109 e. The zero-order valence-electron chi connectivity index (χ0n) is 11.6. The van der Waals surface area contributed by atoms with E-state index in [1.54, 1.807) is 0 Å². The van der Waals surface area contributed by atoms with Crippen LogP contribution in [0.1, 0.15) is 55.5 Å². The van der Waals surface area contributed by atoms with E-state index in [-0.39, 0.29) is 0 Å². The molecule has 1 aliphatic carbocycles. The summed E-state index contributed by atoms with van der Waals surface area (Å²) in [4.78, 5) is 0. The Labute approximate surface area is 114 Å². The fourth-order valence-electron chi connectivity index (χ4n) is 2.80. The molecule has 1 heterocycles. The molecule has 0 radical (unpaired) electrons. The molecule has 100 valence electrons. The molecule has 0 aliphatic heterocycles. The van der Waals surface area contributed by atoms with Gasteiger partial charge in [0.1, 0.15) is 5.76 Å². The highest BCUT2D eigenvalue weighted by molar-refractivity contribution is 5.48. The van der Waals surface area contributed by atoms with Gasteiger partial charge in [0, 0.05) is 17.7 Å². The Kier molecular flexibility index (Phi) is 3.33. The quantitative estimate of drug-likeness (QED) is 0.844. The summed E-state index contributed by atoms with van der Waals surface area (Å²) in [5.41, 5.74) is 3.92. The number of benzene rings is 1. The first kappa shape index (κ1) is 12.3. The third-order valence-corrected chi connectivity index (χ3v) is 3.97. The topological polar surface area (TPSA) is 25.2 Å². The SMILES string of the molecule is CC(C)c1ccc(NC2CCCc3occc32)cc1. The Bertz CT molecular complexity index is 539. The molecule has 1 aromatic carbocycles. The summed E-state index contributed by atoms with van der Waals surface area (Å²) in [6, 6.07) is 11.3. The molecule has 2 nitrogen and oxygen atoms in total. The van der Waals surface area contributed by atoms with Crippen molar-refractivity contribution < 1.29 is 4.42 Å². The van der Waals surface area contributed by atoms with Gasteiger partial charge in [-0.25, -0.2) is 0 Å². The predicted molar refractivity (Wildman–Crippen MR) is 78.5 cm³/mol. The summed E-state index contributed by atoms with van der Waals surface area (Å²) in [7, 11) is 0. The van der Waals surface area contributed by atoms with Crippen molar-refractivity contribution in [1.82, 2.24) is 0 Å². The lowest BCUT2D eigenvalue weighted by atomic mass is 9.93. The van der Waals surface area contributed by atoms with E-state index in [1.165, 1.54) is 29.7 Å². The second-order valence-corrected chi connectivity index (χ2v) is 5.66. The van der Waals surface area contributed by atoms with Crippen LogP contribution in [0.4, 0.5) is 5.69 Å². The van der Waals surface area contributed by atoms with Crippen LogP contribution in [0, 0.1) is 0 Å². The lowest BCUT2D eigenvalue weighted by molar-refractivity contribution is 0.461. The van der Waals surface area contributed by atoms with Crippen LogP contribution in [-0.2, 0) is 6.42 Å². The van der Waals surface area contributed by atoms with Gasteiger partial charge in [-0.05, 0) is 42.5 Å². The fourth-order valence-corrected chi connectivity index (χ4v) is 2.80. The zero-order chi connectivity index (χ0) is 13.2. The second-order valence-electron chi connectivity index (χ2n) is 5.66. The molecular weight excluding hydrogens is 234 g/mol. The van der Waals surface area contributed by atoms with E-state index < -0.39 is 0 Å². The van der Waals surface area contributed by atoms with E-state index in [0.29, 0.717) is 12.0 Å². The average molecular weight is 255 g/mol. The van der Waals surface area contributed by atoms with E-state index in [4.69, 9.17) is 4.42 Å². The van der Waals surface area contributed by atoms with Gasteiger partial charge in [-0.3, -0.25) is 0 Å². The van der Waals surface area contributed by atoms with Gasteiger partial charge >= 0.3 is 0 Å². The van der Waals surface area contributed by atoms with E-state index in [2.05, 4.69) is 49.5 Å². The van der Waals surface area contributed by atoms with Crippen LogP contribution in [0.25, 0.3) is 0 Å². The van der Waals surface area contributed by atoms with Crippen molar-refractivity contribution >= 4 is 5.69 Å². The predicted octanol–water partition coefficient (Wildman–Crippen LogP) is 4.89. The van der Waals surface area contributed by atoms with Crippen LogP contribution in [0.5, 0.6) is 0 Å². The van der Waals surface area contributed by atoms with Crippen molar-refractivity contribution in [2.75, 3.05) is 5.32 Å². The molecule has 0 saturated heterocycles. The molecule has 2 aromatic rings. The monoisotopic (exact) mass is 255 g/mol. The standard InChI is InChI=1S/C17H21NO/c1-12(2)13-6-8-14(9-7-13)18-16-4-3-5-17-15(16)10-11-19-17/h6-12,16,18H,3-5H2,1-2H3. The number of rotatable bonds is 3. The van der Waals surface area contributed by atoms with Crippen LogP contribution >= 0.6 is 0 Å². The molecule has 1 N–H and O–H groups in total. The molecule has 19 heavy (non-hydrogen) atoms. The molecular formula is C17H21NO. The third kappa shape index (κ3) is 2.53. The van der Waals surface area contributed by atoms with Crippen LogP contribution in [0.2, 0.25) is 0 Å². The number of furan rings is 1. The van der Waals surface area contributed by atoms with Crippen LogP contribution in [-0.4, -0.2) is 0 Å². The first-order valence-electron chi connectivity index (χ1n) is 7.17. The molecule has 0 amide bonds. The Hall–Kier alpha value is -1.70. The van der Waals surface area contributed by atoms with Crippen molar-refractivity contribution in [3.8, 4) is 0 Å². The van der Waals surface area contributed by atoms with Gasteiger partial charge in [-0.15, -0.1) is 0 Å². The number of anilines is 1. The Balaban J connectivity index is 1.76. The minimum atomic E-state index is 0.396. The largest absolute Gasteiger partial charge is 0.469 e. The van der Waals surface area contributed by atoms with E-state index in [9.17, 15) is 0 Å². The maximum atomic E-state index is 5.53. The molecule has 3 rings (SSSR count). The minimum Gasteiger partial charge on any atom is -0.469 e. The number of nitrogens with one attached hydrogen (secondary N) is 1. The van der Waals surface area contributed by atoms with Crippen LogP contribution < -0.4 is 5.32 Å². The average Bonchev–Trinajstić information content (AvgIpc) is 2.89. The Morgan fingerprint density at radius 2 is 1.95 bits per heavy atom. The van der Waals surface area contributed by atoms with Gasteiger partial charge in [0.25, 0.3) is 0 Å². The highest BCUT2D eigenvalue weighted by atomic mass is 16.3. The van der Waals surface area contributed by atoms with Crippen molar-refractivity contribution in [1.29, 1.82) is 0 Å². The lowest BCUT2D eigenvalue weighted by Gasteiger charge is -2.24. The first-order valence-corrected chi connectivity index (χ1v) is 7.17. The van der Waals surface area contributed by atoms with Gasteiger partial charge in [0.2, 0.25) is 0 Å². The maximum absolute atomic E-state index is 5.53. The molecule has 2 heteroatoms. The number of fused-ring (bicyclic) bond motifs is 1. The highest BCUT2D eigenvalue weighted by Gasteiger charge is 2.22. The number of hydrogen-bond acceptors (Lipinski definition) is 2. The first-order chi connectivity index (χ1) is 9.24. The van der Waals surface area contributed by atoms with Gasteiger partial charge in [-0.2, -0.15) is 0 Å². The summed E-state index contributed by atoms with van der Waals surface area (Å²) in [5.74, 6) is 1.74. The Morgan fingerprint density at radius 1 is 1.16 bits per heavy atom. The minimum absolute atomic E-state index is 0.396. The smallest absolute Gasteiger partial charge is 0.109 e. The highest BCUT2D eigenvalue weighted by Crippen LogP contribution is 2.33. The van der Waals surface area contributed by atoms with Gasteiger partial charge < -0.3 is 9.73 Å². The number of aryl methyl sites for hydroxylation is 1. The molecule has 0 spiro atoms. The third-order valence-electron chi connectivity index (χ3n) is 3.97. The molecule has 1 aliphatic rings. The summed E-state index contributed by atoms with van der Waals surface area (Å²) >= 11 is 0. The summed E-state index contributed by atoms with van der Waals surface area (Å²) in [6.45, 7) is 4.45. The normalized spacial score (nSPS) is 18.4. The summed E-state index contributed by atoms with van der Waals surface area (Å²) in [5, 5.41) is 3.63. The zero-order valence-corrected chi connectivity index (χ0v) is 11.6. The molecule has 1 atom stereocenters. The molecule has 1 aromatic heterocycles. The fraction of sp³-hybridized carbons (Fsp3) is 0.412.